The molecule has 0 aliphatic rings. The highest BCUT2D eigenvalue weighted by molar-refractivity contribution is 9.13. The summed E-state index contributed by atoms with van der Waals surface area (Å²) in [5.41, 5.74) is 2.04. The molecule has 0 fully saturated rings. The number of para-hydroxylation sites is 2. The third-order valence-corrected chi connectivity index (χ3v) is 9.26. The van der Waals surface area contributed by atoms with Gasteiger partial charge in [0.25, 0.3) is 11.5 Å². The first-order chi connectivity index (χ1) is 21.8. The number of aromatic nitrogens is 2. The Morgan fingerprint density at radius 3 is 2.56 bits per heavy atom. The summed E-state index contributed by atoms with van der Waals surface area (Å²) in [5, 5.41) is 8.63. The van der Waals surface area contributed by atoms with Crippen molar-refractivity contribution in [3.8, 4) is 23.1 Å². The normalized spacial score (nSPS) is 11.4. The second-order valence-electron chi connectivity index (χ2n) is 9.66. The molecule has 0 aliphatic heterocycles. The number of hydrogen-bond acceptors (Lipinski definition) is 7. The van der Waals surface area contributed by atoms with Gasteiger partial charge in [0.2, 0.25) is 5.82 Å². The Hall–Kier alpha value is -4.26. The smallest absolute Gasteiger partial charge is 0.282 e. The first-order valence-electron chi connectivity index (χ1n) is 13.7. The summed E-state index contributed by atoms with van der Waals surface area (Å²) in [4.78, 5) is 31.0. The first kappa shape index (κ1) is 30.8. The molecule has 45 heavy (non-hydrogen) atoms. The Balaban J connectivity index is 1.37. The largest absolute Gasteiger partial charge is 0.490 e. The maximum Gasteiger partial charge on any atom is 0.282 e. The zero-order valence-corrected chi connectivity index (χ0v) is 28.3. The molecule has 0 saturated carbocycles. The summed E-state index contributed by atoms with van der Waals surface area (Å²) < 4.78 is 21.1. The lowest BCUT2D eigenvalue weighted by atomic mass is 10.2. The molecule has 6 rings (SSSR count). The minimum Gasteiger partial charge on any atom is -0.490 e. The minimum absolute atomic E-state index is 0.242. The van der Waals surface area contributed by atoms with E-state index in [9.17, 15) is 9.59 Å². The second kappa shape index (κ2) is 13.4. The van der Waals surface area contributed by atoms with E-state index in [4.69, 9.17) is 18.9 Å². The van der Waals surface area contributed by atoms with E-state index in [-0.39, 0.29) is 23.9 Å². The van der Waals surface area contributed by atoms with Gasteiger partial charge in [0.1, 0.15) is 5.58 Å². The molecule has 0 bridgehead atoms. The van der Waals surface area contributed by atoms with Crippen LogP contribution in [0.2, 0.25) is 0 Å². The fourth-order valence-electron chi connectivity index (χ4n) is 4.59. The van der Waals surface area contributed by atoms with Gasteiger partial charge >= 0.3 is 0 Å². The number of furan rings is 1. The van der Waals surface area contributed by atoms with Crippen LogP contribution in [0.1, 0.15) is 12.5 Å². The van der Waals surface area contributed by atoms with Gasteiger partial charge in [-0.25, -0.2) is 4.98 Å². The van der Waals surface area contributed by atoms with Gasteiger partial charge in [0.15, 0.2) is 23.9 Å². The van der Waals surface area contributed by atoms with Crippen molar-refractivity contribution in [3.05, 3.63) is 114 Å². The van der Waals surface area contributed by atoms with Crippen molar-refractivity contribution in [2.45, 2.75) is 6.92 Å². The van der Waals surface area contributed by atoms with Crippen LogP contribution in [0, 0.1) is 0 Å². The highest BCUT2D eigenvalue weighted by Gasteiger charge is 2.20. The van der Waals surface area contributed by atoms with E-state index in [1.165, 1.54) is 10.9 Å². The molecule has 0 unspecified atom stereocenters. The van der Waals surface area contributed by atoms with Gasteiger partial charge in [0, 0.05) is 25.6 Å². The van der Waals surface area contributed by atoms with Crippen LogP contribution in [0.5, 0.6) is 11.5 Å². The van der Waals surface area contributed by atoms with Crippen LogP contribution in [0.3, 0.4) is 0 Å². The summed E-state index contributed by atoms with van der Waals surface area (Å²) >= 11 is 10.7. The molecule has 12 heteroatoms. The predicted molar refractivity (Wildman–Crippen MR) is 185 cm³/mol. The zero-order chi connectivity index (χ0) is 31.5. The molecule has 2 heterocycles. The number of amides is 1. The van der Waals surface area contributed by atoms with Crippen molar-refractivity contribution >= 4 is 87.5 Å². The number of anilines is 1. The quantitative estimate of drug-likeness (QED) is 0.147. The van der Waals surface area contributed by atoms with Crippen LogP contribution >= 0.6 is 47.8 Å². The molecule has 1 amide bonds. The number of benzene rings is 4. The number of halogens is 3. The van der Waals surface area contributed by atoms with Gasteiger partial charge in [-0.05, 0) is 93.4 Å². The van der Waals surface area contributed by atoms with Crippen molar-refractivity contribution in [3.63, 3.8) is 0 Å². The topological polar surface area (TPSA) is 108 Å². The van der Waals surface area contributed by atoms with Gasteiger partial charge in [-0.3, -0.25) is 9.59 Å². The van der Waals surface area contributed by atoms with E-state index >= 15 is 0 Å². The number of ether oxygens (including phenoxy) is 2. The molecule has 0 saturated heterocycles. The number of carbonyl (C=O) groups is 1. The molecule has 6 aromatic rings. The van der Waals surface area contributed by atoms with Crippen LogP contribution in [0.4, 0.5) is 5.69 Å². The molecule has 2 aromatic heterocycles. The summed E-state index contributed by atoms with van der Waals surface area (Å²) in [6.45, 7) is 1.94. The fourth-order valence-corrected chi connectivity index (χ4v) is 5.90. The van der Waals surface area contributed by atoms with Crippen molar-refractivity contribution in [2.24, 2.45) is 5.10 Å². The highest BCUT2D eigenvalue weighted by Crippen LogP contribution is 2.42. The fraction of sp³-hybridized carbons (Fsp3) is 0.0909. The third-order valence-electron chi connectivity index (χ3n) is 6.63. The van der Waals surface area contributed by atoms with Crippen molar-refractivity contribution < 1.29 is 18.7 Å². The van der Waals surface area contributed by atoms with Crippen molar-refractivity contribution in [1.82, 2.24) is 9.66 Å². The van der Waals surface area contributed by atoms with Crippen LogP contribution < -0.4 is 20.3 Å². The first-order valence-corrected chi connectivity index (χ1v) is 16.1. The van der Waals surface area contributed by atoms with E-state index in [0.717, 1.165) is 9.86 Å². The zero-order valence-electron chi connectivity index (χ0n) is 23.6. The van der Waals surface area contributed by atoms with E-state index in [0.29, 0.717) is 60.5 Å². The maximum atomic E-state index is 13.7. The van der Waals surface area contributed by atoms with E-state index in [2.05, 4.69) is 58.2 Å². The summed E-state index contributed by atoms with van der Waals surface area (Å²) in [6.07, 6.45) is 1.52. The summed E-state index contributed by atoms with van der Waals surface area (Å²) in [6, 6.07) is 25.4. The van der Waals surface area contributed by atoms with E-state index in [1.54, 1.807) is 36.4 Å². The molecule has 0 aliphatic carbocycles. The lowest BCUT2D eigenvalue weighted by Gasteiger charge is -2.16. The van der Waals surface area contributed by atoms with Gasteiger partial charge in [-0.15, -0.1) is 0 Å². The highest BCUT2D eigenvalue weighted by atomic mass is 79.9. The molecular weight excluding hydrogens is 772 g/mol. The Kier molecular flexibility index (Phi) is 9.15. The molecule has 0 radical (unpaired) electrons. The summed E-state index contributed by atoms with van der Waals surface area (Å²) in [5.74, 6) is 1.02. The SMILES string of the molecule is CCOc1cc(C=Nn2c(-c3cc4cc(Br)ccc4o3)nc3ccccc3c2=O)c(Br)c(Br)c1OCC(=O)Nc1ccccc1. The predicted octanol–water partition coefficient (Wildman–Crippen LogP) is 8.40. The standard InChI is InChI=1S/C33H23Br3N4O5/c1-2-43-26-16-20(29(35)30(36)31(26)44-18-28(41)38-22-8-4-3-5-9-22)17-37-40-32(39-24-11-7-6-10-23(24)33(40)42)27-15-19-14-21(34)12-13-25(19)45-27/h3-17H,2,18H2,1H3,(H,38,41). The Bertz CT molecular complexity index is 2140. The summed E-state index contributed by atoms with van der Waals surface area (Å²) in [7, 11) is 0. The van der Waals surface area contributed by atoms with Gasteiger partial charge in [-0.2, -0.15) is 9.78 Å². The molecule has 4 aromatic carbocycles. The molecule has 0 atom stereocenters. The van der Waals surface area contributed by atoms with Crippen molar-refractivity contribution in [1.29, 1.82) is 0 Å². The van der Waals surface area contributed by atoms with Crippen LogP contribution in [-0.4, -0.2) is 35.0 Å². The molecule has 226 valence electrons. The number of rotatable bonds is 9. The number of carbonyl (C=O) groups excluding carboxylic acids is 1. The number of fused-ring (bicyclic) bond motifs is 2. The monoisotopic (exact) mass is 792 g/mol. The average Bonchev–Trinajstić information content (AvgIpc) is 3.46. The Morgan fingerprint density at radius 1 is 0.978 bits per heavy atom. The minimum atomic E-state index is -0.363. The molecular formula is C33H23Br3N4O5. The molecule has 9 nitrogen and oxygen atoms in total. The van der Waals surface area contributed by atoms with Crippen LogP contribution in [-0.2, 0) is 4.79 Å². The van der Waals surface area contributed by atoms with E-state index in [1.807, 2.05) is 55.5 Å². The number of nitrogens with one attached hydrogen (secondary N) is 1. The van der Waals surface area contributed by atoms with Gasteiger partial charge in [0.05, 0.1) is 28.2 Å². The van der Waals surface area contributed by atoms with Crippen LogP contribution in [0.15, 0.2) is 113 Å². The van der Waals surface area contributed by atoms with Gasteiger partial charge in [-0.1, -0.05) is 46.3 Å². The number of hydrogen-bond donors (Lipinski definition) is 1. The average molecular weight is 795 g/mol. The third kappa shape index (κ3) is 6.58. The lowest BCUT2D eigenvalue weighted by molar-refractivity contribution is -0.118. The van der Waals surface area contributed by atoms with Crippen LogP contribution in [0.25, 0.3) is 33.5 Å². The second-order valence-corrected chi connectivity index (χ2v) is 12.2. The Labute approximate surface area is 282 Å². The van der Waals surface area contributed by atoms with Crippen molar-refractivity contribution in [2.75, 3.05) is 18.5 Å². The maximum absolute atomic E-state index is 13.7. The molecule has 0 spiro atoms. The van der Waals surface area contributed by atoms with Gasteiger partial charge < -0.3 is 19.2 Å². The number of nitrogens with zero attached hydrogens (tertiary/aromatic N) is 3. The molecule has 1 N–H and O–H groups in total. The Morgan fingerprint density at radius 2 is 1.76 bits per heavy atom. The lowest BCUT2D eigenvalue weighted by Crippen LogP contribution is -2.21. The van der Waals surface area contributed by atoms with E-state index < -0.39 is 0 Å².